The number of benzene rings is 1. The molecule has 0 aliphatic carbocycles. The molecule has 0 radical (unpaired) electrons. The van der Waals surface area contributed by atoms with Crippen molar-refractivity contribution in [3.8, 4) is 0 Å². The van der Waals surface area contributed by atoms with Crippen molar-refractivity contribution in [3.05, 3.63) is 64.9 Å². The number of amides is 2. The van der Waals surface area contributed by atoms with Gasteiger partial charge in [-0.2, -0.15) is 0 Å². The Morgan fingerprint density at radius 2 is 1.90 bits per heavy atom. The third-order valence-corrected chi connectivity index (χ3v) is 6.19. The first-order chi connectivity index (χ1) is 14.0. The van der Waals surface area contributed by atoms with Crippen LogP contribution in [0.2, 0.25) is 0 Å². The molecule has 7 heteroatoms. The van der Waals surface area contributed by atoms with Crippen molar-refractivity contribution in [1.82, 2.24) is 9.80 Å². The Labute approximate surface area is 176 Å². The highest BCUT2D eigenvalue weighted by molar-refractivity contribution is 7.09. The number of piperazine rings is 1. The summed E-state index contributed by atoms with van der Waals surface area (Å²) in [6.45, 7) is 10.3. The fourth-order valence-corrected chi connectivity index (χ4v) is 4.32. The van der Waals surface area contributed by atoms with Crippen LogP contribution in [0.3, 0.4) is 0 Å². The topological polar surface area (TPSA) is 69.9 Å². The number of nitrogens with zero attached hydrogens (tertiary/aromatic N) is 3. The van der Waals surface area contributed by atoms with Crippen molar-refractivity contribution < 1.29 is 9.59 Å². The third kappa shape index (κ3) is 5.25. The summed E-state index contributed by atoms with van der Waals surface area (Å²) < 4.78 is 0. The van der Waals surface area contributed by atoms with Crippen molar-refractivity contribution in [1.29, 1.82) is 0 Å². The first kappa shape index (κ1) is 21.1. The molecule has 1 unspecified atom stereocenters. The van der Waals surface area contributed by atoms with Crippen LogP contribution in [0.5, 0.6) is 0 Å². The van der Waals surface area contributed by atoms with Crippen LogP contribution in [0.1, 0.15) is 22.2 Å². The van der Waals surface area contributed by atoms with Gasteiger partial charge in [-0.05, 0) is 42.6 Å². The number of hydrogen-bond acceptors (Lipinski definition) is 5. The van der Waals surface area contributed by atoms with Crippen LogP contribution in [0.25, 0.3) is 0 Å². The van der Waals surface area contributed by atoms with Gasteiger partial charge in [0, 0.05) is 48.9 Å². The van der Waals surface area contributed by atoms with E-state index in [1.165, 1.54) is 4.88 Å². The summed E-state index contributed by atoms with van der Waals surface area (Å²) in [5.41, 5.74) is 6.89. The molecule has 0 bridgehead atoms. The lowest BCUT2D eigenvalue weighted by Crippen LogP contribution is -2.54. The molecule has 1 atom stereocenters. The Kier molecular flexibility index (Phi) is 7.06. The fourth-order valence-electron chi connectivity index (χ4n) is 3.60. The van der Waals surface area contributed by atoms with E-state index in [0.29, 0.717) is 18.7 Å². The van der Waals surface area contributed by atoms with Gasteiger partial charge in [0.05, 0.1) is 12.6 Å². The molecule has 1 aromatic heterocycles. The first-order valence-corrected chi connectivity index (χ1v) is 10.7. The average molecular weight is 413 g/mol. The molecular formula is C22H28N4O2S. The number of hydrogen-bond donors (Lipinski definition) is 1. The van der Waals surface area contributed by atoms with E-state index in [1.54, 1.807) is 29.5 Å². The predicted octanol–water partition coefficient (Wildman–Crippen LogP) is 2.57. The second kappa shape index (κ2) is 9.71. The van der Waals surface area contributed by atoms with E-state index in [0.717, 1.165) is 31.9 Å². The molecule has 0 spiro atoms. The van der Waals surface area contributed by atoms with Gasteiger partial charge in [0.15, 0.2) is 0 Å². The summed E-state index contributed by atoms with van der Waals surface area (Å²) in [5, 5.41) is 2.03. The number of rotatable bonds is 8. The molecule has 1 fully saturated rings. The van der Waals surface area contributed by atoms with Crippen molar-refractivity contribution in [3.63, 3.8) is 0 Å². The van der Waals surface area contributed by atoms with Gasteiger partial charge in [0.1, 0.15) is 0 Å². The fraction of sp³-hybridized carbons (Fsp3) is 0.364. The number of carbonyl (C=O) groups is 2. The lowest BCUT2D eigenvalue weighted by Gasteiger charge is -2.39. The van der Waals surface area contributed by atoms with Gasteiger partial charge in [-0.1, -0.05) is 12.1 Å². The second-order valence-electron chi connectivity index (χ2n) is 7.20. The maximum atomic E-state index is 13.1. The minimum atomic E-state index is -0.416. The minimum Gasteiger partial charge on any atom is -0.369 e. The Morgan fingerprint density at radius 1 is 1.21 bits per heavy atom. The molecule has 1 aliphatic rings. The monoisotopic (exact) mass is 412 g/mol. The summed E-state index contributed by atoms with van der Waals surface area (Å²) in [6.07, 6.45) is 1.78. The van der Waals surface area contributed by atoms with Gasteiger partial charge in [0.25, 0.3) is 0 Å². The van der Waals surface area contributed by atoms with Crippen LogP contribution in [-0.2, 0) is 11.3 Å². The van der Waals surface area contributed by atoms with E-state index in [9.17, 15) is 9.59 Å². The standard InChI is InChI=1S/C22H28N4O2S/c1-3-10-26(16-20-5-4-15-29-20)22(28)17(2)24-11-13-25(14-12-24)19-8-6-18(7-9-19)21(23)27/h3-9,15,17H,1,10-14,16H2,2H3,(H2,23,27). The Morgan fingerprint density at radius 3 is 2.45 bits per heavy atom. The summed E-state index contributed by atoms with van der Waals surface area (Å²) >= 11 is 1.67. The van der Waals surface area contributed by atoms with Gasteiger partial charge in [0.2, 0.25) is 11.8 Å². The molecule has 3 rings (SSSR count). The van der Waals surface area contributed by atoms with Gasteiger partial charge in [-0.15, -0.1) is 17.9 Å². The Bertz CT molecular complexity index is 827. The normalized spacial score (nSPS) is 15.7. The van der Waals surface area contributed by atoms with Gasteiger partial charge in [-0.3, -0.25) is 14.5 Å². The highest BCUT2D eigenvalue weighted by Gasteiger charge is 2.28. The zero-order valence-electron chi connectivity index (χ0n) is 16.8. The molecule has 1 saturated heterocycles. The van der Waals surface area contributed by atoms with Crippen LogP contribution < -0.4 is 10.6 Å². The lowest BCUT2D eigenvalue weighted by atomic mass is 10.1. The third-order valence-electron chi connectivity index (χ3n) is 5.32. The second-order valence-corrected chi connectivity index (χ2v) is 8.23. The Balaban J connectivity index is 1.57. The van der Waals surface area contributed by atoms with E-state index < -0.39 is 5.91 Å². The molecule has 2 amide bonds. The number of anilines is 1. The number of carbonyl (C=O) groups excluding carboxylic acids is 2. The number of primary amides is 1. The largest absolute Gasteiger partial charge is 0.369 e. The smallest absolute Gasteiger partial charge is 0.248 e. The van der Waals surface area contributed by atoms with Crippen LogP contribution in [-0.4, -0.2) is 60.4 Å². The SMILES string of the molecule is C=CCN(Cc1cccs1)C(=O)C(C)N1CCN(c2ccc(C(N)=O)cc2)CC1. The summed E-state index contributed by atoms with van der Waals surface area (Å²) in [7, 11) is 0. The Hall–Kier alpha value is -2.64. The molecule has 6 nitrogen and oxygen atoms in total. The average Bonchev–Trinajstić information content (AvgIpc) is 3.26. The quantitative estimate of drug-likeness (QED) is 0.677. The van der Waals surface area contributed by atoms with Crippen LogP contribution in [0.4, 0.5) is 5.69 Å². The molecule has 154 valence electrons. The minimum absolute atomic E-state index is 0.137. The van der Waals surface area contributed by atoms with Crippen LogP contribution >= 0.6 is 11.3 Å². The highest BCUT2D eigenvalue weighted by atomic mass is 32.1. The molecule has 0 saturated carbocycles. The molecule has 2 N–H and O–H groups in total. The highest BCUT2D eigenvalue weighted by Crippen LogP contribution is 2.19. The van der Waals surface area contributed by atoms with E-state index >= 15 is 0 Å². The molecule has 2 heterocycles. The van der Waals surface area contributed by atoms with Crippen LogP contribution in [0, 0.1) is 0 Å². The molecule has 2 aromatic rings. The number of nitrogens with two attached hydrogens (primary N) is 1. The van der Waals surface area contributed by atoms with Crippen molar-refractivity contribution >= 4 is 28.8 Å². The molecule has 29 heavy (non-hydrogen) atoms. The summed E-state index contributed by atoms with van der Waals surface area (Å²) in [6, 6.07) is 11.3. The van der Waals surface area contributed by atoms with Crippen LogP contribution in [0.15, 0.2) is 54.4 Å². The van der Waals surface area contributed by atoms with Gasteiger partial charge < -0.3 is 15.5 Å². The molecular weight excluding hydrogens is 384 g/mol. The lowest BCUT2D eigenvalue weighted by molar-refractivity contribution is -0.136. The molecule has 1 aliphatic heterocycles. The number of thiophene rings is 1. The van der Waals surface area contributed by atoms with E-state index in [1.807, 2.05) is 35.4 Å². The maximum Gasteiger partial charge on any atom is 0.248 e. The van der Waals surface area contributed by atoms with Crippen molar-refractivity contribution in [2.24, 2.45) is 5.73 Å². The zero-order chi connectivity index (χ0) is 20.8. The summed E-state index contributed by atoms with van der Waals surface area (Å²) in [4.78, 5) is 31.9. The van der Waals surface area contributed by atoms with E-state index in [2.05, 4.69) is 22.4 Å². The summed E-state index contributed by atoms with van der Waals surface area (Å²) in [5.74, 6) is -0.280. The van der Waals surface area contributed by atoms with Gasteiger partial charge >= 0.3 is 0 Å². The van der Waals surface area contributed by atoms with Crippen molar-refractivity contribution in [2.75, 3.05) is 37.6 Å². The van der Waals surface area contributed by atoms with Gasteiger partial charge in [-0.25, -0.2) is 0 Å². The van der Waals surface area contributed by atoms with E-state index in [4.69, 9.17) is 5.73 Å². The first-order valence-electron chi connectivity index (χ1n) is 9.80. The zero-order valence-corrected chi connectivity index (χ0v) is 17.6. The van der Waals surface area contributed by atoms with E-state index in [-0.39, 0.29) is 11.9 Å². The molecule has 1 aromatic carbocycles. The maximum absolute atomic E-state index is 13.1. The predicted molar refractivity (Wildman–Crippen MR) is 118 cm³/mol. The van der Waals surface area contributed by atoms with Crippen molar-refractivity contribution in [2.45, 2.75) is 19.5 Å².